The maximum atomic E-state index is 11.7. The summed E-state index contributed by atoms with van der Waals surface area (Å²) in [4.78, 5) is 13.9. The quantitative estimate of drug-likeness (QED) is 0.817. The van der Waals surface area contributed by atoms with E-state index >= 15 is 0 Å². The van der Waals surface area contributed by atoms with Gasteiger partial charge in [-0.05, 0) is 30.5 Å². The number of likely N-dealkylation sites (N-methyl/N-ethyl adjacent to an activating group) is 1. The summed E-state index contributed by atoms with van der Waals surface area (Å²) < 4.78 is 0. The molecule has 0 radical (unpaired) electrons. The molecule has 1 aromatic rings. The van der Waals surface area contributed by atoms with Gasteiger partial charge in [0.05, 0.1) is 6.61 Å². The number of nitrogens with one attached hydrogen (secondary N) is 1. The highest BCUT2D eigenvalue weighted by atomic mass is 16.3. The Labute approximate surface area is 101 Å². The van der Waals surface area contributed by atoms with Crippen LogP contribution >= 0.6 is 0 Å². The lowest BCUT2D eigenvalue weighted by molar-refractivity contribution is -0.121. The first-order valence-corrected chi connectivity index (χ1v) is 5.94. The zero-order valence-electron chi connectivity index (χ0n) is 10.0. The lowest BCUT2D eigenvalue weighted by atomic mass is 10.1. The molecule has 0 bridgehead atoms. The van der Waals surface area contributed by atoms with E-state index in [0.29, 0.717) is 0 Å². The van der Waals surface area contributed by atoms with Gasteiger partial charge in [-0.1, -0.05) is 12.1 Å². The maximum Gasteiger partial charge on any atom is 0.242 e. The first-order chi connectivity index (χ1) is 8.26. The third-order valence-corrected chi connectivity index (χ3v) is 3.25. The Kier molecular flexibility index (Phi) is 3.64. The first kappa shape index (κ1) is 11.9. The van der Waals surface area contributed by atoms with E-state index in [1.807, 2.05) is 24.3 Å². The van der Waals surface area contributed by atoms with E-state index < -0.39 is 0 Å². The van der Waals surface area contributed by atoms with Crippen LogP contribution in [0.2, 0.25) is 0 Å². The number of aliphatic hydroxyl groups is 1. The fourth-order valence-corrected chi connectivity index (χ4v) is 2.31. The van der Waals surface area contributed by atoms with E-state index in [9.17, 15) is 4.79 Å². The van der Waals surface area contributed by atoms with E-state index in [1.165, 1.54) is 0 Å². The molecular weight excluding hydrogens is 216 g/mol. The zero-order chi connectivity index (χ0) is 12.3. The second-order valence-electron chi connectivity index (χ2n) is 4.29. The smallest absolute Gasteiger partial charge is 0.242 e. The van der Waals surface area contributed by atoms with Gasteiger partial charge in [-0.2, -0.15) is 0 Å². The van der Waals surface area contributed by atoms with Gasteiger partial charge >= 0.3 is 0 Å². The van der Waals surface area contributed by atoms with Gasteiger partial charge in [-0.25, -0.2) is 0 Å². The Bertz CT molecular complexity index is 389. The molecule has 92 valence electrons. The number of hydrogen-bond acceptors (Lipinski definition) is 3. The minimum Gasteiger partial charge on any atom is -0.392 e. The molecular formula is C13H18N2O2. The van der Waals surface area contributed by atoms with Crippen molar-refractivity contribution in [2.45, 2.75) is 25.5 Å². The molecule has 1 atom stereocenters. The first-order valence-electron chi connectivity index (χ1n) is 5.94. The number of nitrogens with zero attached hydrogens (tertiary/aromatic N) is 1. The van der Waals surface area contributed by atoms with E-state index in [1.54, 1.807) is 7.05 Å². The van der Waals surface area contributed by atoms with Crippen molar-refractivity contribution >= 4 is 11.6 Å². The van der Waals surface area contributed by atoms with Crippen molar-refractivity contribution in [3.05, 3.63) is 29.8 Å². The van der Waals surface area contributed by atoms with Crippen molar-refractivity contribution in [3.63, 3.8) is 0 Å². The molecule has 17 heavy (non-hydrogen) atoms. The molecule has 1 unspecified atom stereocenters. The number of aliphatic hydroxyl groups excluding tert-OH is 1. The van der Waals surface area contributed by atoms with E-state index in [0.717, 1.165) is 30.6 Å². The predicted octanol–water partition coefficient (Wildman–Crippen LogP) is 0.894. The number of benzene rings is 1. The van der Waals surface area contributed by atoms with Crippen LogP contribution in [0.25, 0.3) is 0 Å². The molecule has 2 N–H and O–H groups in total. The van der Waals surface area contributed by atoms with Crippen LogP contribution < -0.4 is 10.2 Å². The summed E-state index contributed by atoms with van der Waals surface area (Å²) in [7, 11) is 1.67. The van der Waals surface area contributed by atoms with Crippen LogP contribution in [0, 0.1) is 0 Å². The largest absolute Gasteiger partial charge is 0.392 e. The highest BCUT2D eigenvalue weighted by Crippen LogP contribution is 2.25. The van der Waals surface area contributed by atoms with Crippen LogP contribution in [0.5, 0.6) is 0 Å². The number of carbonyl (C=O) groups is 1. The Morgan fingerprint density at radius 3 is 2.76 bits per heavy atom. The van der Waals surface area contributed by atoms with E-state index in [-0.39, 0.29) is 18.6 Å². The maximum absolute atomic E-state index is 11.7. The summed E-state index contributed by atoms with van der Waals surface area (Å²) in [6.45, 7) is 0.968. The summed E-state index contributed by atoms with van der Waals surface area (Å²) in [6.07, 6.45) is 1.95. The summed E-state index contributed by atoms with van der Waals surface area (Å²) in [6, 6.07) is 7.67. The molecule has 1 saturated heterocycles. The Hall–Kier alpha value is -1.55. The summed E-state index contributed by atoms with van der Waals surface area (Å²) >= 11 is 0. The standard InChI is InChI=1S/C13H18N2O2/c1-14-13(17)12-3-2-8-15(12)11-6-4-10(9-16)5-7-11/h4-7,12,16H,2-3,8-9H2,1H3,(H,14,17). The molecule has 4 heteroatoms. The average Bonchev–Trinajstić information content (AvgIpc) is 2.87. The van der Waals surface area contributed by atoms with Crippen LogP contribution in [-0.2, 0) is 11.4 Å². The molecule has 1 heterocycles. The zero-order valence-corrected chi connectivity index (χ0v) is 10.0. The normalized spacial score (nSPS) is 19.4. The average molecular weight is 234 g/mol. The van der Waals surface area contributed by atoms with Crippen molar-refractivity contribution in [2.24, 2.45) is 0 Å². The predicted molar refractivity (Wildman–Crippen MR) is 66.8 cm³/mol. The third kappa shape index (κ3) is 2.42. The van der Waals surface area contributed by atoms with Crippen molar-refractivity contribution in [2.75, 3.05) is 18.5 Å². The summed E-state index contributed by atoms with van der Waals surface area (Å²) in [5.74, 6) is 0.0775. The van der Waals surface area contributed by atoms with E-state index in [4.69, 9.17) is 5.11 Å². The highest BCUT2D eigenvalue weighted by molar-refractivity contribution is 5.85. The lowest BCUT2D eigenvalue weighted by Crippen LogP contribution is -2.41. The molecule has 0 aliphatic carbocycles. The van der Waals surface area contributed by atoms with Crippen molar-refractivity contribution in [1.29, 1.82) is 0 Å². The lowest BCUT2D eigenvalue weighted by Gasteiger charge is -2.25. The number of amides is 1. The van der Waals surface area contributed by atoms with Gasteiger partial charge in [0.15, 0.2) is 0 Å². The van der Waals surface area contributed by atoms with E-state index in [2.05, 4.69) is 10.2 Å². The number of carbonyl (C=O) groups excluding carboxylic acids is 1. The van der Waals surface area contributed by atoms with Crippen molar-refractivity contribution < 1.29 is 9.90 Å². The molecule has 1 fully saturated rings. The monoisotopic (exact) mass is 234 g/mol. The summed E-state index contributed by atoms with van der Waals surface area (Å²) in [5, 5.41) is 11.7. The van der Waals surface area contributed by atoms with Gasteiger partial charge in [-0.15, -0.1) is 0 Å². The van der Waals surface area contributed by atoms with Crippen LogP contribution in [0.4, 0.5) is 5.69 Å². The van der Waals surface area contributed by atoms with Crippen LogP contribution in [0.1, 0.15) is 18.4 Å². The molecule has 4 nitrogen and oxygen atoms in total. The van der Waals surface area contributed by atoms with Gasteiger partial charge in [-0.3, -0.25) is 4.79 Å². The number of rotatable bonds is 3. The molecule has 1 aliphatic heterocycles. The Balaban J connectivity index is 2.17. The van der Waals surface area contributed by atoms with Gasteiger partial charge in [0.1, 0.15) is 6.04 Å². The molecule has 1 aromatic carbocycles. The third-order valence-electron chi connectivity index (χ3n) is 3.25. The molecule has 0 saturated carbocycles. The van der Waals surface area contributed by atoms with Crippen LogP contribution in [0.3, 0.4) is 0 Å². The topological polar surface area (TPSA) is 52.6 Å². The molecule has 1 amide bonds. The Morgan fingerprint density at radius 1 is 1.47 bits per heavy atom. The van der Waals surface area contributed by atoms with Gasteiger partial charge in [0.2, 0.25) is 5.91 Å². The van der Waals surface area contributed by atoms with Gasteiger partial charge in [0.25, 0.3) is 0 Å². The van der Waals surface area contributed by atoms with Crippen molar-refractivity contribution in [1.82, 2.24) is 5.32 Å². The second kappa shape index (κ2) is 5.19. The SMILES string of the molecule is CNC(=O)C1CCCN1c1ccc(CO)cc1. The fraction of sp³-hybridized carbons (Fsp3) is 0.462. The minimum absolute atomic E-state index is 0.0547. The number of anilines is 1. The molecule has 1 aliphatic rings. The molecule has 0 spiro atoms. The summed E-state index contributed by atoms with van der Waals surface area (Å²) in [5.41, 5.74) is 1.94. The highest BCUT2D eigenvalue weighted by Gasteiger charge is 2.29. The van der Waals surface area contributed by atoms with Crippen LogP contribution in [0.15, 0.2) is 24.3 Å². The Morgan fingerprint density at radius 2 is 2.18 bits per heavy atom. The minimum atomic E-state index is -0.0556. The second-order valence-corrected chi connectivity index (χ2v) is 4.29. The van der Waals surface area contributed by atoms with Crippen molar-refractivity contribution in [3.8, 4) is 0 Å². The number of hydrogen-bond donors (Lipinski definition) is 2. The van der Waals surface area contributed by atoms with Gasteiger partial charge < -0.3 is 15.3 Å². The fourth-order valence-electron chi connectivity index (χ4n) is 2.31. The molecule has 0 aromatic heterocycles. The van der Waals surface area contributed by atoms with Gasteiger partial charge in [0, 0.05) is 19.3 Å². The molecule has 2 rings (SSSR count). The van der Waals surface area contributed by atoms with Crippen LogP contribution in [-0.4, -0.2) is 30.6 Å².